The number of hydrogen-bond donors (Lipinski definition) is 0. The van der Waals surface area contributed by atoms with E-state index in [0.29, 0.717) is 6.54 Å². The second kappa shape index (κ2) is 5.04. The van der Waals surface area contributed by atoms with E-state index in [2.05, 4.69) is 5.10 Å². The minimum Gasteiger partial charge on any atom is -0.469 e. The number of carbonyl (C=O) groups is 1. The van der Waals surface area contributed by atoms with Gasteiger partial charge >= 0.3 is 0 Å². The highest BCUT2D eigenvalue weighted by Crippen LogP contribution is 2.28. The van der Waals surface area contributed by atoms with Gasteiger partial charge in [0.15, 0.2) is 0 Å². The van der Waals surface area contributed by atoms with E-state index in [9.17, 15) is 4.79 Å². The molecular formula is C15H17N3O2S. The van der Waals surface area contributed by atoms with Gasteiger partial charge in [-0.25, -0.2) is 0 Å². The maximum absolute atomic E-state index is 12.5. The molecule has 0 bridgehead atoms. The topological polar surface area (TPSA) is 51.3 Å². The Morgan fingerprint density at radius 1 is 1.48 bits per heavy atom. The second-order valence-electron chi connectivity index (χ2n) is 5.20. The minimum absolute atomic E-state index is 0.0243. The molecular weight excluding hydrogens is 286 g/mol. The van der Waals surface area contributed by atoms with Crippen LogP contribution >= 0.6 is 11.3 Å². The molecule has 0 N–H and O–H groups in total. The van der Waals surface area contributed by atoms with Crippen molar-refractivity contribution in [2.45, 2.75) is 20.4 Å². The molecule has 3 rings (SSSR count). The van der Waals surface area contributed by atoms with Gasteiger partial charge in [-0.05, 0) is 26.0 Å². The third-order valence-corrected chi connectivity index (χ3v) is 4.82. The summed E-state index contributed by atoms with van der Waals surface area (Å²) >= 11 is 1.48. The number of amides is 1. The van der Waals surface area contributed by atoms with Gasteiger partial charge in [-0.2, -0.15) is 5.10 Å². The fourth-order valence-corrected chi connectivity index (χ4v) is 3.52. The van der Waals surface area contributed by atoms with Gasteiger partial charge in [0, 0.05) is 31.6 Å². The molecule has 3 aromatic heterocycles. The second-order valence-corrected chi connectivity index (χ2v) is 6.23. The molecule has 0 fully saturated rings. The van der Waals surface area contributed by atoms with Gasteiger partial charge < -0.3 is 9.32 Å². The van der Waals surface area contributed by atoms with E-state index in [-0.39, 0.29) is 5.91 Å². The van der Waals surface area contributed by atoms with Gasteiger partial charge in [-0.1, -0.05) is 0 Å². The molecule has 0 aliphatic rings. The van der Waals surface area contributed by atoms with Gasteiger partial charge in [-0.15, -0.1) is 11.3 Å². The zero-order chi connectivity index (χ0) is 15.1. The first-order valence-corrected chi connectivity index (χ1v) is 7.50. The summed E-state index contributed by atoms with van der Waals surface area (Å²) in [5.41, 5.74) is 1.99. The number of fused-ring (bicyclic) bond motifs is 1. The van der Waals surface area contributed by atoms with Crippen molar-refractivity contribution in [3.63, 3.8) is 0 Å². The summed E-state index contributed by atoms with van der Waals surface area (Å²) in [7, 11) is 3.71. The van der Waals surface area contributed by atoms with Crippen LogP contribution in [0.15, 0.2) is 22.8 Å². The first-order chi connectivity index (χ1) is 9.97. The molecule has 3 aromatic rings. The van der Waals surface area contributed by atoms with Crippen LogP contribution in [0.1, 0.15) is 26.7 Å². The summed E-state index contributed by atoms with van der Waals surface area (Å²) in [4.78, 5) is 16.0. The molecule has 6 heteroatoms. The lowest BCUT2D eigenvalue weighted by molar-refractivity contribution is 0.0789. The van der Waals surface area contributed by atoms with Crippen molar-refractivity contribution in [2.75, 3.05) is 7.05 Å². The average Bonchev–Trinajstić information content (AvgIpc) is 3.10. The SMILES string of the molecule is Cc1occc1CN(C)C(=O)c1cc2c(C)nn(C)c2s1. The van der Waals surface area contributed by atoms with E-state index in [4.69, 9.17) is 4.42 Å². The van der Waals surface area contributed by atoms with E-state index >= 15 is 0 Å². The summed E-state index contributed by atoms with van der Waals surface area (Å²) in [6, 6.07) is 3.83. The fraction of sp³-hybridized carbons (Fsp3) is 0.333. The lowest BCUT2D eigenvalue weighted by atomic mass is 10.2. The number of aromatic nitrogens is 2. The predicted octanol–water partition coefficient (Wildman–Crippen LogP) is 3.12. The van der Waals surface area contributed by atoms with E-state index < -0.39 is 0 Å². The molecule has 0 saturated carbocycles. The van der Waals surface area contributed by atoms with Crippen molar-refractivity contribution >= 4 is 27.5 Å². The molecule has 0 aliphatic carbocycles. The van der Waals surface area contributed by atoms with Crippen LogP contribution in [-0.2, 0) is 13.6 Å². The first kappa shape index (κ1) is 13.9. The Labute approximate surface area is 126 Å². The number of thiophene rings is 1. The molecule has 0 aromatic carbocycles. The van der Waals surface area contributed by atoms with Crippen molar-refractivity contribution in [3.05, 3.63) is 40.3 Å². The quantitative estimate of drug-likeness (QED) is 0.747. The van der Waals surface area contributed by atoms with Crippen molar-refractivity contribution in [3.8, 4) is 0 Å². The normalized spacial score (nSPS) is 11.2. The van der Waals surface area contributed by atoms with Crippen molar-refractivity contribution < 1.29 is 9.21 Å². The molecule has 110 valence electrons. The third kappa shape index (κ3) is 2.35. The molecule has 0 unspecified atom stereocenters. The molecule has 21 heavy (non-hydrogen) atoms. The van der Waals surface area contributed by atoms with Crippen molar-refractivity contribution in [2.24, 2.45) is 7.05 Å². The Kier molecular flexibility index (Phi) is 3.33. The Balaban J connectivity index is 1.86. The highest BCUT2D eigenvalue weighted by atomic mass is 32.1. The Bertz CT molecular complexity index is 778. The van der Waals surface area contributed by atoms with Crippen LogP contribution in [0.2, 0.25) is 0 Å². The van der Waals surface area contributed by atoms with Crippen LogP contribution in [0.25, 0.3) is 10.2 Å². The minimum atomic E-state index is 0.0243. The zero-order valence-electron chi connectivity index (χ0n) is 12.5. The molecule has 0 atom stereocenters. The van der Waals surface area contributed by atoms with E-state index in [0.717, 1.165) is 32.1 Å². The largest absolute Gasteiger partial charge is 0.469 e. The van der Waals surface area contributed by atoms with Gasteiger partial charge in [0.25, 0.3) is 5.91 Å². The number of carbonyl (C=O) groups excluding carboxylic acids is 1. The number of nitrogens with zero attached hydrogens (tertiary/aromatic N) is 3. The molecule has 0 radical (unpaired) electrons. The van der Waals surface area contributed by atoms with Gasteiger partial charge in [0.05, 0.1) is 16.8 Å². The molecule has 0 saturated heterocycles. The van der Waals surface area contributed by atoms with Crippen LogP contribution < -0.4 is 0 Å². The highest BCUT2D eigenvalue weighted by molar-refractivity contribution is 7.20. The van der Waals surface area contributed by atoms with Gasteiger partial charge in [0.2, 0.25) is 0 Å². The molecule has 3 heterocycles. The predicted molar refractivity (Wildman–Crippen MR) is 82.6 cm³/mol. The Morgan fingerprint density at radius 3 is 2.86 bits per heavy atom. The van der Waals surface area contributed by atoms with E-state index in [1.165, 1.54) is 11.3 Å². The highest BCUT2D eigenvalue weighted by Gasteiger charge is 2.19. The molecule has 5 nitrogen and oxygen atoms in total. The van der Waals surface area contributed by atoms with E-state index in [1.54, 1.807) is 11.2 Å². The summed E-state index contributed by atoms with van der Waals surface area (Å²) in [5.74, 6) is 0.877. The maximum Gasteiger partial charge on any atom is 0.264 e. The Morgan fingerprint density at radius 2 is 2.24 bits per heavy atom. The number of rotatable bonds is 3. The van der Waals surface area contributed by atoms with Crippen LogP contribution in [0.3, 0.4) is 0 Å². The molecule has 0 aliphatic heterocycles. The smallest absolute Gasteiger partial charge is 0.264 e. The fourth-order valence-electron chi connectivity index (χ4n) is 2.40. The number of furan rings is 1. The van der Waals surface area contributed by atoms with E-state index in [1.807, 2.05) is 44.8 Å². The summed E-state index contributed by atoms with van der Waals surface area (Å²) < 4.78 is 7.10. The van der Waals surface area contributed by atoms with Crippen LogP contribution in [0.4, 0.5) is 0 Å². The van der Waals surface area contributed by atoms with Crippen molar-refractivity contribution in [1.82, 2.24) is 14.7 Å². The van der Waals surface area contributed by atoms with Gasteiger partial charge in [0.1, 0.15) is 10.6 Å². The summed E-state index contributed by atoms with van der Waals surface area (Å²) in [6.45, 7) is 4.41. The van der Waals surface area contributed by atoms with Gasteiger partial charge in [-0.3, -0.25) is 9.48 Å². The monoisotopic (exact) mass is 303 g/mol. The standard InChI is InChI=1S/C15H17N3O2S/c1-9-12-7-13(21-15(12)18(4)16-9)14(19)17(3)8-11-5-6-20-10(11)2/h5-7H,8H2,1-4H3. The van der Waals surface area contributed by atoms with Crippen LogP contribution in [-0.4, -0.2) is 27.6 Å². The summed E-state index contributed by atoms with van der Waals surface area (Å²) in [6.07, 6.45) is 1.65. The zero-order valence-corrected chi connectivity index (χ0v) is 13.3. The molecule has 0 spiro atoms. The average molecular weight is 303 g/mol. The third-order valence-electron chi connectivity index (χ3n) is 3.63. The molecule has 1 amide bonds. The number of aryl methyl sites for hydroxylation is 3. The lowest BCUT2D eigenvalue weighted by Crippen LogP contribution is -2.25. The summed E-state index contributed by atoms with van der Waals surface area (Å²) in [5, 5.41) is 5.41. The van der Waals surface area contributed by atoms with Crippen LogP contribution in [0, 0.1) is 13.8 Å². The maximum atomic E-state index is 12.5. The lowest BCUT2D eigenvalue weighted by Gasteiger charge is -2.15. The first-order valence-electron chi connectivity index (χ1n) is 6.69. The van der Waals surface area contributed by atoms with Crippen LogP contribution in [0.5, 0.6) is 0 Å². The van der Waals surface area contributed by atoms with Crippen molar-refractivity contribution in [1.29, 1.82) is 0 Å². The Hall–Kier alpha value is -2.08. The number of hydrogen-bond acceptors (Lipinski definition) is 4.